The molecule has 0 fully saturated rings. The average Bonchev–Trinajstić information content (AvgIpc) is 2.37. The Morgan fingerprint density at radius 2 is 1.86 bits per heavy atom. The van der Waals surface area contributed by atoms with Crippen LogP contribution in [0.2, 0.25) is 0 Å². The van der Waals surface area contributed by atoms with E-state index in [1.54, 1.807) is 26.0 Å². The molecule has 0 saturated carbocycles. The van der Waals surface area contributed by atoms with Gasteiger partial charge in [0.15, 0.2) is 9.84 Å². The number of carboxylic acids is 1. The van der Waals surface area contributed by atoms with E-state index >= 15 is 0 Å². The summed E-state index contributed by atoms with van der Waals surface area (Å²) in [5.41, 5.74) is 0.204. The third-order valence-electron chi connectivity index (χ3n) is 3.20. The summed E-state index contributed by atoms with van der Waals surface area (Å²) in [4.78, 5) is 10.7. The van der Waals surface area contributed by atoms with Gasteiger partial charge in [0, 0.05) is 19.3 Å². The second-order valence-corrected chi connectivity index (χ2v) is 8.04. The number of aromatic carboxylic acids is 1. The number of carbonyl (C=O) groups is 1. The zero-order valence-electron chi connectivity index (χ0n) is 12.4. The molecule has 1 rings (SSSR count). The Bertz CT molecular complexity index is 578. The number of ether oxygens (including phenoxy) is 1. The summed E-state index contributed by atoms with van der Waals surface area (Å²) in [5, 5.41) is 11.8. The third kappa shape index (κ3) is 5.35. The number of hydrogen-bond acceptors (Lipinski definition) is 5. The topological polar surface area (TPSA) is 92.7 Å². The number of sulfone groups is 1. The van der Waals surface area contributed by atoms with Crippen molar-refractivity contribution in [2.24, 2.45) is 0 Å². The van der Waals surface area contributed by atoms with Gasteiger partial charge in [-0.15, -0.1) is 0 Å². The zero-order chi connectivity index (χ0) is 16.1. The van der Waals surface area contributed by atoms with E-state index in [9.17, 15) is 13.2 Å². The first-order chi connectivity index (χ1) is 9.63. The number of nitrogens with one attached hydrogen (secondary N) is 1. The highest BCUT2D eigenvalue weighted by Crippen LogP contribution is 2.14. The minimum Gasteiger partial charge on any atom is -0.492 e. The molecule has 2 N–H and O–H groups in total. The lowest BCUT2D eigenvalue weighted by Crippen LogP contribution is -2.42. The number of carboxylic acid groups (broad SMARTS) is 1. The first-order valence-electron chi connectivity index (χ1n) is 6.50. The van der Waals surface area contributed by atoms with Crippen LogP contribution in [0.1, 0.15) is 24.2 Å². The maximum absolute atomic E-state index is 11.5. The molecule has 0 spiro atoms. The van der Waals surface area contributed by atoms with Crippen molar-refractivity contribution < 1.29 is 23.1 Å². The first kappa shape index (κ1) is 17.5. The summed E-state index contributed by atoms with van der Waals surface area (Å²) >= 11 is 0. The van der Waals surface area contributed by atoms with E-state index in [0.717, 1.165) is 0 Å². The van der Waals surface area contributed by atoms with Gasteiger partial charge >= 0.3 is 5.97 Å². The van der Waals surface area contributed by atoms with Gasteiger partial charge < -0.3 is 15.2 Å². The molecular formula is C14H21NO5S. The van der Waals surface area contributed by atoms with E-state index < -0.39 is 20.6 Å². The molecule has 1 aromatic carbocycles. The normalized spacial score (nSPS) is 12.1. The molecule has 0 aromatic heterocycles. The van der Waals surface area contributed by atoms with Gasteiger partial charge in [0.05, 0.1) is 10.3 Å². The van der Waals surface area contributed by atoms with Crippen LogP contribution in [-0.2, 0) is 9.84 Å². The molecule has 0 aliphatic heterocycles. The molecular weight excluding hydrogens is 294 g/mol. The molecule has 0 aliphatic rings. The van der Waals surface area contributed by atoms with Gasteiger partial charge in [-0.05, 0) is 38.1 Å². The highest BCUT2D eigenvalue weighted by atomic mass is 32.2. The van der Waals surface area contributed by atoms with Crippen LogP contribution in [0.15, 0.2) is 24.3 Å². The lowest BCUT2D eigenvalue weighted by molar-refractivity contribution is 0.0697. The van der Waals surface area contributed by atoms with Crippen molar-refractivity contribution in [2.75, 3.05) is 26.0 Å². The molecule has 0 atom stereocenters. The number of benzene rings is 1. The maximum atomic E-state index is 11.5. The van der Waals surface area contributed by atoms with Crippen molar-refractivity contribution in [2.45, 2.75) is 18.6 Å². The van der Waals surface area contributed by atoms with Gasteiger partial charge in [-0.1, -0.05) is 0 Å². The highest BCUT2D eigenvalue weighted by Gasteiger charge is 2.29. The third-order valence-corrected chi connectivity index (χ3v) is 5.36. The molecule has 6 nitrogen and oxygen atoms in total. The van der Waals surface area contributed by atoms with Gasteiger partial charge in [0.2, 0.25) is 0 Å². The fourth-order valence-electron chi connectivity index (χ4n) is 1.46. The van der Waals surface area contributed by atoms with E-state index in [4.69, 9.17) is 9.84 Å². The van der Waals surface area contributed by atoms with Gasteiger partial charge in [0.1, 0.15) is 12.4 Å². The molecule has 0 radical (unpaired) electrons. The predicted molar refractivity (Wildman–Crippen MR) is 80.7 cm³/mol. The SMILES string of the molecule is CC(C)(CNCCOc1ccc(C(=O)O)cc1)S(C)(=O)=O. The quantitative estimate of drug-likeness (QED) is 0.700. The Balaban J connectivity index is 2.33. The average molecular weight is 315 g/mol. The zero-order valence-corrected chi connectivity index (χ0v) is 13.2. The largest absolute Gasteiger partial charge is 0.492 e. The molecule has 0 saturated heterocycles. The smallest absolute Gasteiger partial charge is 0.335 e. The summed E-state index contributed by atoms with van der Waals surface area (Å²) in [6.45, 7) is 4.54. The molecule has 1 aromatic rings. The molecule has 118 valence electrons. The predicted octanol–water partition coefficient (Wildman–Crippen LogP) is 1.18. The summed E-state index contributed by atoms with van der Waals surface area (Å²) < 4.78 is 27.6. The van der Waals surface area contributed by atoms with Crippen molar-refractivity contribution >= 4 is 15.8 Å². The Hall–Kier alpha value is -1.60. The van der Waals surface area contributed by atoms with E-state index in [1.165, 1.54) is 18.4 Å². The molecule has 0 aliphatic carbocycles. The van der Waals surface area contributed by atoms with Gasteiger partial charge in [-0.2, -0.15) is 0 Å². The summed E-state index contributed by atoms with van der Waals surface area (Å²) in [6, 6.07) is 6.11. The molecule has 0 amide bonds. The van der Waals surface area contributed by atoms with E-state index in [-0.39, 0.29) is 5.56 Å². The number of hydrogen-bond donors (Lipinski definition) is 2. The van der Waals surface area contributed by atoms with Crippen molar-refractivity contribution in [3.05, 3.63) is 29.8 Å². The fourth-order valence-corrected chi connectivity index (χ4v) is 1.82. The van der Waals surface area contributed by atoms with Gasteiger partial charge in [-0.3, -0.25) is 0 Å². The van der Waals surface area contributed by atoms with E-state index in [2.05, 4.69) is 5.32 Å². The van der Waals surface area contributed by atoms with Crippen LogP contribution in [0.3, 0.4) is 0 Å². The van der Waals surface area contributed by atoms with Crippen LogP contribution in [-0.4, -0.2) is 50.2 Å². The molecule has 0 heterocycles. The summed E-state index contributed by atoms with van der Waals surface area (Å²) in [7, 11) is -3.11. The minimum atomic E-state index is -3.11. The van der Waals surface area contributed by atoms with Crippen molar-refractivity contribution in [3.63, 3.8) is 0 Å². The van der Waals surface area contributed by atoms with E-state index in [0.29, 0.717) is 25.4 Å². The first-order valence-corrected chi connectivity index (χ1v) is 8.39. The van der Waals surface area contributed by atoms with Crippen LogP contribution >= 0.6 is 0 Å². The van der Waals surface area contributed by atoms with Crippen LogP contribution in [0.4, 0.5) is 0 Å². The second-order valence-electron chi connectivity index (χ2n) is 5.39. The Morgan fingerprint density at radius 3 is 2.33 bits per heavy atom. The molecule has 7 heteroatoms. The lowest BCUT2D eigenvalue weighted by atomic mass is 10.2. The highest BCUT2D eigenvalue weighted by molar-refractivity contribution is 7.92. The lowest BCUT2D eigenvalue weighted by Gasteiger charge is -2.22. The molecule has 0 bridgehead atoms. The van der Waals surface area contributed by atoms with Crippen molar-refractivity contribution in [1.82, 2.24) is 5.32 Å². The van der Waals surface area contributed by atoms with E-state index in [1.807, 2.05) is 0 Å². The number of rotatable bonds is 8. The van der Waals surface area contributed by atoms with Crippen LogP contribution < -0.4 is 10.1 Å². The Morgan fingerprint density at radius 1 is 1.29 bits per heavy atom. The summed E-state index contributed by atoms with van der Waals surface area (Å²) in [6.07, 6.45) is 1.22. The monoisotopic (exact) mass is 315 g/mol. The van der Waals surface area contributed by atoms with Crippen LogP contribution in [0.25, 0.3) is 0 Å². The van der Waals surface area contributed by atoms with Gasteiger partial charge in [0.25, 0.3) is 0 Å². The minimum absolute atomic E-state index is 0.204. The standard InChI is InChI=1S/C14H21NO5S/c1-14(2,21(3,18)19)10-15-8-9-20-12-6-4-11(5-7-12)13(16)17/h4-7,15H,8-10H2,1-3H3,(H,16,17). The van der Waals surface area contributed by atoms with Gasteiger partial charge in [-0.25, -0.2) is 13.2 Å². The van der Waals surface area contributed by atoms with Crippen molar-refractivity contribution in [3.8, 4) is 5.75 Å². The Labute approximate surface area is 125 Å². The van der Waals surface area contributed by atoms with Crippen LogP contribution in [0.5, 0.6) is 5.75 Å². The Kier molecular flexibility index (Phi) is 5.74. The fraction of sp³-hybridized carbons (Fsp3) is 0.500. The van der Waals surface area contributed by atoms with Crippen LogP contribution in [0, 0.1) is 0 Å². The van der Waals surface area contributed by atoms with Crippen molar-refractivity contribution in [1.29, 1.82) is 0 Å². The molecule has 21 heavy (non-hydrogen) atoms. The maximum Gasteiger partial charge on any atom is 0.335 e. The summed E-state index contributed by atoms with van der Waals surface area (Å²) in [5.74, 6) is -0.407. The molecule has 0 unspecified atom stereocenters. The second kappa shape index (κ2) is 6.91.